The minimum absolute atomic E-state index is 0.807. The van der Waals surface area contributed by atoms with Crippen LogP contribution in [0.3, 0.4) is 0 Å². The Balaban J connectivity index is 1.64. The molecule has 0 amide bonds. The molecule has 0 radical (unpaired) electrons. The molecule has 0 aromatic heterocycles. The fourth-order valence-electron chi connectivity index (χ4n) is 2.91. The SMILES string of the molecule is Cc1ccc(SC2CC3CCC(C2)N3)cc1. The molecule has 16 heavy (non-hydrogen) atoms. The molecule has 3 rings (SSSR count). The van der Waals surface area contributed by atoms with Crippen molar-refractivity contribution in [1.29, 1.82) is 0 Å². The normalized spacial score (nSPS) is 32.9. The van der Waals surface area contributed by atoms with Gasteiger partial charge in [-0.05, 0) is 44.7 Å². The van der Waals surface area contributed by atoms with Crippen molar-refractivity contribution in [2.75, 3.05) is 0 Å². The molecular formula is C14H19NS. The van der Waals surface area contributed by atoms with E-state index in [2.05, 4.69) is 48.3 Å². The van der Waals surface area contributed by atoms with E-state index in [1.807, 2.05) is 0 Å². The van der Waals surface area contributed by atoms with E-state index in [-0.39, 0.29) is 0 Å². The number of hydrogen-bond acceptors (Lipinski definition) is 2. The van der Waals surface area contributed by atoms with Crippen molar-refractivity contribution >= 4 is 11.8 Å². The first-order valence-corrected chi connectivity index (χ1v) is 7.17. The van der Waals surface area contributed by atoms with Crippen LogP contribution < -0.4 is 5.32 Å². The molecule has 2 atom stereocenters. The minimum Gasteiger partial charge on any atom is -0.311 e. The Hall–Kier alpha value is -0.470. The van der Waals surface area contributed by atoms with Gasteiger partial charge in [0, 0.05) is 22.2 Å². The van der Waals surface area contributed by atoms with Gasteiger partial charge in [-0.3, -0.25) is 0 Å². The highest BCUT2D eigenvalue weighted by atomic mass is 32.2. The number of piperidine rings is 1. The molecule has 0 aliphatic carbocycles. The van der Waals surface area contributed by atoms with Crippen LogP contribution in [0.15, 0.2) is 29.2 Å². The van der Waals surface area contributed by atoms with Crippen molar-refractivity contribution in [2.45, 2.75) is 54.8 Å². The lowest BCUT2D eigenvalue weighted by molar-refractivity contribution is 0.415. The zero-order chi connectivity index (χ0) is 11.0. The zero-order valence-corrected chi connectivity index (χ0v) is 10.6. The van der Waals surface area contributed by atoms with E-state index in [9.17, 15) is 0 Å². The van der Waals surface area contributed by atoms with Gasteiger partial charge in [-0.1, -0.05) is 17.7 Å². The molecule has 2 heterocycles. The van der Waals surface area contributed by atoms with Crippen LogP contribution in [0.2, 0.25) is 0 Å². The highest BCUT2D eigenvalue weighted by Gasteiger charge is 2.33. The number of rotatable bonds is 2. The van der Waals surface area contributed by atoms with E-state index in [0.717, 1.165) is 17.3 Å². The van der Waals surface area contributed by atoms with Crippen LogP contribution in [0.4, 0.5) is 0 Å². The third kappa shape index (κ3) is 2.28. The van der Waals surface area contributed by atoms with Gasteiger partial charge in [0.1, 0.15) is 0 Å². The summed E-state index contributed by atoms with van der Waals surface area (Å²) in [6, 6.07) is 10.6. The molecule has 2 saturated heterocycles. The third-order valence-corrected chi connectivity index (χ3v) is 5.02. The Morgan fingerprint density at radius 1 is 1.06 bits per heavy atom. The van der Waals surface area contributed by atoms with Gasteiger partial charge in [0.25, 0.3) is 0 Å². The molecule has 0 saturated carbocycles. The summed E-state index contributed by atoms with van der Waals surface area (Å²) < 4.78 is 0. The van der Waals surface area contributed by atoms with Gasteiger partial charge in [0.15, 0.2) is 0 Å². The van der Waals surface area contributed by atoms with Crippen molar-refractivity contribution in [3.63, 3.8) is 0 Å². The zero-order valence-electron chi connectivity index (χ0n) is 9.78. The maximum absolute atomic E-state index is 3.70. The molecule has 1 N–H and O–H groups in total. The Bertz CT molecular complexity index is 348. The van der Waals surface area contributed by atoms with E-state index >= 15 is 0 Å². The fourth-order valence-corrected chi connectivity index (χ4v) is 4.25. The largest absolute Gasteiger partial charge is 0.311 e. The minimum atomic E-state index is 0.807. The predicted molar refractivity (Wildman–Crippen MR) is 70.0 cm³/mol. The number of aryl methyl sites for hydroxylation is 1. The van der Waals surface area contributed by atoms with Gasteiger partial charge in [0.05, 0.1) is 0 Å². The van der Waals surface area contributed by atoms with Gasteiger partial charge in [-0.2, -0.15) is 0 Å². The van der Waals surface area contributed by atoms with Crippen molar-refractivity contribution < 1.29 is 0 Å². The van der Waals surface area contributed by atoms with Gasteiger partial charge >= 0.3 is 0 Å². The highest BCUT2D eigenvalue weighted by Crippen LogP contribution is 2.36. The summed E-state index contributed by atoms with van der Waals surface area (Å²) >= 11 is 2.08. The van der Waals surface area contributed by atoms with E-state index in [1.165, 1.54) is 36.1 Å². The van der Waals surface area contributed by atoms with E-state index in [1.54, 1.807) is 0 Å². The van der Waals surface area contributed by atoms with Gasteiger partial charge in [-0.25, -0.2) is 0 Å². The second kappa shape index (κ2) is 4.42. The van der Waals surface area contributed by atoms with Crippen LogP contribution in [0.25, 0.3) is 0 Å². The summed E-state index contributed by atoms with van der Waals surface area (Å²) in [5, 5.41) is 4.54. The van der Waals surface area contributed by atoms with Crippen LogP contribution in [0.1, 0.15) is 31.2 Å². The lowest BCUT2D eigenvalue weighted by Gasteiger charge is -2.28. The molecule has 2 fully saturated rings. The first-order valence-electron chi connectivity index (χ1n) is 6.29. The molecule has 2 unspecified atom stereocenters. The second-order valence-corrected chi connectivity index (χ2v) is 6.54. The Morgan fingerprint density at radius 3 is 2.31 bits per heavy atom. The molecule has 0 spiro atoms. The quantitative estimate of drug-likeness (QED) is 0.840. The maximum Gasteiger partial charge on any atom is 0.0124 e. The summed E-state index contributed by atoms with van der Waals surface area (Å²) in [5.41, 5.74) is 1.36. The lowest BCUT2D eigenvalue weighted by Crippen LogP contribution is -2.39. The lowest BCUT2D eigenvalue weighted by atomic mass is 10.1. The fraction of sp³-hybridized carbons (Fsp3) is 0.571. The van der Waals surface area contributed by atoms with Gasteiger partial charge in [-0.15, -0.1) is 11.8 Å². The summed E-state index contributed by atoms with van der Waals surface area (Å²) in [6.07, 6.45) is 5.51. The van der Waals surface area contributed by atoms with Crippen molar-refractivity contribution in [1.82, 2.24) is 5.32 Å². The average molecular weight is 233 g/mol. The van der Waals surface area contributed by atoms with E-state index < -0.39 is 0 Å². The van der Waals surface area contributed by atoms with Crippen LogP contribution in [-0.4, -0.2) is 17.3 Å². The van der Waals surface area contributed by atoms with Crippen LogP contribution >= 0.6 is 11.8 Å². The topological polar surface area (TPSA) is 12.0 Å². The smallest absolute Gasteiger partial charge is 0.0124 e. The monoisotopic (exact) mass is 233 g/mol. The van der Waals surface area contributed by atoms with Crippen molar-refractivity contribution in [3.8, 4) is 0 Å². The average Bonchev–Trinajstić information content (AvgIpc) is 2.62. The molecule has 2 heteroatoms. The Morgan fingerprint density at radius 2 is 1.69 bits per heavy atom. The molecule has 1 aromatic rings. The number of hydrogen-bond donors (Lipinski definition) is 1. The number of fused-ring (bicyclic) bond motifs is 2. The van der Waals surface area contributed by atoms with Crippen molar-refractivity contribution in [3.05, 3.63) is 29.8 Å². The molecule has 2 bridgehead atoms. The van der Waals surface area contributed by atoms with Crippen LogP contribution in [-0.2, 0) is 0 Å². The number of nitrogens with one attached hydrogen (secondary N) is 1. The predicted octanol–water partition coefficient (Wildman–Crippen LogP) is 3.37. The highest BCUT2D eigenvalue weighted by molar-refractivity contribution is 8.00. The Labute approximate surface area is 102 Å². The van der Waals surface area contributed by atoms with Crippen molar-refractivity contribution in [2.24, 2.45) is 0 Å². The summed E-state index contributed by atoms with van der Waals surface area (Å²) in [4.78, 5) is 1.44. The first kappa shape index (κ1) is 10.7. The van der Waals surface area contributed by atoms with E-state index in [0.29, 0.717) is 0 Å². The molecular weight excluding hydrogens is 214 g/mol. The number of thioether (sulfide) groups is 1. The Kier molecular flexibility index (Phi) is 2.95. The van der Waals surface area contributed by atoms with E-state index in [4.69, 9.17) is 0 Å². The summed E-state index contributed by atoms with van der Waals surface area (Å²) in [5.74, 6) is 0. The molecule has 2 aliphatic heterocycles. The number of benzene rings is 1. The van der Waals surface area contributed by atoms with Crippen LogP contribution in [0, 0.1) is 6.92 Å². The first-order chi connectivity index (χ1) is 7.79. The maximum atomic E-state index is 3.70. The van der Waals surface area contributed by atoms with Gasteiger partial charge in [0.2, 0.25) is 0 Å². The second-order valence-electron chi connectivity index (χ2n) is 5.16. The standard InChI is InChI=1S/C14H19NS/c1-10-2-6-13(7-3-10)16-14-8-11-4-5-12(9-14)15-11/h2-3,6-7,11-12,14-15H,4-5,8-9H2,1H3. The molecule has 1 aromatic carbocycles. The third-order valence-electron chi connectivity index (χ3n) is 3.75. The van der Waals surface area contributed by atoms with Crippen LogP contribution in [0.5, 0.6) is 0 Å². The molecule has 2 aliphatic rings. The molecule has 86 valence electrons. The molecule has 1 nitrogen and oxygen atoms in total. The summed E-state index contributed by atoms with van der Waals surface area (Å²) in [7, 11) is 0. The van der Waals surface area contributed by atoms with Gasteiger partial charge < -0.3 is 5.32 Å². The summed E-state index contributed by atoms with van der Waals surface area (Å²) in [6.45, 7) is 2.15.